The van der Waals surface area contributed by atoms with Gasteiger partial charge in [-0.2, -0.15) is 0 Å². The van der Waals surface area contributed by atoms with E-state index in [4.69, 9.17) is 0 Å². The number of esters is 1. The number of carbonyl (C=O) groups excluding carboxylic acids is 2. The zero-order valence-corrected chi connectivity index (χ0v) is 12.9. The van der Waals surface area contributed by atoms with Crippen LogP contribution in [-0.4, -0.2) is 47.0 Å². The summed E-state index contributed by atoms with van der Waals surface area (Å²) in [5.74, 6) is -0.916. The molecule has 0 aliphatic carbocycles. The van der Waals surface area contributed by atoms with Crippen molar-refractivity contribution in [2.75, 3.05) is 20.7 Å². The molecule has 1 aromatic carbocycles. The summed E-state index contributed by atoms with van der Waals surface area (Å²) in [5, 5.41) is 0. The largest absolute Gasteiger partial charge is 0.469 e. The van der Waals surface area contributed by atoms with Crippen molar-refractivity contribution in [1.82, 2.24) is 14.5 Å². The quantitative estimate of drug-likeness (QED) is 0.789. The third-order valence-electron chi connectivity index (χ3n) is 3.39. The van der Waals surface area contributed by atoms with Gasteiger partial charge in [0.25, 0.3) is 5.91 Å². The first-order valence-corrected chi connectivity index (χ1v) is 6.95. The molecule has 0 spiro atoms. The number of ether oxygens (including phenoxy) is 1. The first-order valence-electron chi connectivity index (χ1n) is 6.95. The van der Waals surface area contributed by atoms with E-state index in [2.05, 4.69) is 9.72 Å². The van der Waals surface area contributed by atoms with Gasteiger partial charge in [-0.1, -0.05) is 25.1 Å². The number of rotatable bonds is 5. The molecule has 1 atom stereocenters. The van der Waals surface area contributed by atoms with Gasteiger partial charge in [-0.15, -0.1) is 0 Å². The highest BCUT2D eigenvalue weighted by Gasteiger charge is 2.22. The SMILES string of the molecule is COC(=O)[C@@H](C)CN(C)C(=O)c1cncn1-c1ccccc1. The first-order chi connectivity index (χ1) is 10.5. The maximum Gasteiger partial charge on any atom is 0.310 e. The van der Waals surface area contributed by atoms with Gasteiger partial charge < -0.3 is 9.64 Å². The van der Waals surface area contributed by atoms with Crippen LogP contribution in [0.4, 0.5) is 0 Å². The molecule has 0 saturated heterocycles. The second-order valence-electron chi connectivity index (χ2n) is 5.09. The minimum Gasteiger partial charge on any atom is -0.469 e. The van der Waals surface area contributed by atoms with Gasteiger partial charge in [-0.3, -0.25) is 14.2 Å². The first kappa shape index (κ1) is 15.8. The standard InChI is InChI=1S/C16H19N3O3/c1-12(16(21)22-3)10-18(2)15(20)14-9-17-11-19(14)13-7-5-4-6-8-13/h4-9,11-12H,10H2,1-3H3/t12-/m0/s1. The molecule has 6 heteroatoms. The molecule has 1 amide bonds. The fraction of sp³-hybridized carbons (Fsp3) is 0.312. The van der Waals surface area contributed by atoms with Crippen molar-refractivity contribution >= 4 is 11.9 Å². The van der Waals surface area contributed by atoms with E-state index in [0.717, 1.165) is 5.69 Å². The van der Waals surface area contributed by atoms with Crippen molar-refractivity contribution in [2.24, 2.45) is 5.92 Å². The summed E-state index contributed by atoms with van der Waals surface area (Å²) >= 11 is 0. The molecule has 0 radical (unpaired) electrons. The predicted molar refractivity (Wildman–Crippen MR) is 81.7 cm³/mol. The van der Waals surface area contributed by atoms with Crippen molar-refractivity contribution < 1.29 is 14.3 Å². The molecule has 1 aromatic heterocycles. The minimum absolute atomic E-state index is 0.197. The molecule has 6 nitrogen and oxygen atoms in total. The minimum atomic E-state index is -0.382. The Kier molecular flexibility index (Phi) is 4.93. The van der Waals surface area contributed by atoms with E-state index in [1.54, 1.807) is 24.9 Å². The lowest BCUT2D eigenvalue weighted by molar-refractivity contribution is -0.145. The maximum absolute atomic E-state index is 12.6. The number of hydrogen-bond donors (Lipinski definition) is 0. The van der Waals surface area contributed by atoms with E-state index < -0.39 is 0 Å². The second-order valence-corrected chi connectivity index (χ2v) is 5.09. The number of carbonyl (C=O) groups is 2. The lowest BCUT2D eigenvalue weighted by atomic mass is 10.1. The van der Waals surface area contributed by atoms with Crippen LogP contribution < -0.4 is 0 Å². The van der Waals surface area contributed by atoms with Gasteiger partial charge in [0, 0.05) is 19.3 Å². The van der Waals surface area contributed by atoms with Crippen LogP contribution in [0.1, 0.15) is 17.4 Å². The summed E-state index contributed by atoms with van der Waals surface area (Å²) in [6.45, 7) is 2.01. The van der Waals surface area contributed by atoms with E-state index in [0.29, 0.717) is 5.69 Å². The lowest BCUT2D eigenvalue weighted by Crippen LogP contribution is -2.35. The normalized spacial score (nSPS) is 11.8. The highest BCUT2D eigenvalue weighted by molar-refractivity contribution is 5.93. The van der Waals surface area contributed by atoms with Crippen molar-refractivity contribution in [2.45, 2.75) is 6.92 Å². The summed E-state index contributed by atoms with van der Waals surface area (Å²) in [6, 6.07) is 9.50. The molecule has 2 aromatic rings. The summed E-state index contributed by atoms with van der Waals surface area (Å²) in [6.07, 6.45) is 3.12. The van der Waals surface area contributed by atoms with E-state index >= 15 is 0 Å². The van der Waals surface area contributed by atoms with E-state index in [-0.39, 0.29) is 24.3 Å². The number of benzene rings is 1. The molecule has 1 heterocycles. The molecule has 22 heavy (non-hydrogen) atoms. The van der Waals surface area contributed by atoms with Gasteiger partial charge in [-0.25, -0.2) is 4.98 Å². The van der Waals surface area contributed by atoms with Crippen LogP contribution in [0.15, 0.2) is 42.9 Å². The number of aromatic nitrogens is 2. The van der Waals surface area contributed by atoms with Gasteiger partial charge in [0.1, 0.15) is 5.69 Å². The number of amides is 1. The van der Waals surface area contributed by atoms with E-state index in [1.807, 2.05) is 30.3 Å². The van der Waals surface area contributed by atoms with E-state index in [9.17, 15) is 9.59 Å². The Morgan fingerprint density at radius 1 is 1.32 bits per heavy atom. The Labute approximate surface area is 129 Å². The van der Waals surface area contributed by atoms with E-state index in [1.165, 1.54) is 18.2 Å². The number of hydrogen-bond acceptors (Lipinski definition) is 4. The zero-order valence-electron chi connectivity index (χ0n) is 12.9. The Balaban J connectivity index is 2.17. The summed E-state index contributed by atoms with van der Waals surface area (Å²) < 4.78 is 6.41. The van der Waals surface area contributed by atoms with Crippen molar-refractivity contribution in [3.8, 4) is 5.69 Å². The Bertz CT molecular complexity index is 652. The molecule has 116 valence electrons. The molecule has 0 fully saturated rings. The highest BCUT2D eigenvalue weighted by atomic mass is 16.5. The van der Waals surface area contributed by atoms with Crippen molar-refractivity contribution in [3.05, 3.63) is 48.5 Å². The van der Waals surface area contributed by atoms with Crippen molar-refractivity contribution in [3.63, 3.8) is 0 Å². The van der Waals surface area contributed by atoms with Crippen LogP contribution in [0.3, 0.4) is 0 Å². The van der Waals surface area contributed by atoms with Gasteiger partial charge in [0.15, 0.2) is 0 Å². The van der Waals surface area contributed by atoms with Crippen LogP contribution in [0.2, 0.25) is 0 Å². The summed E-state index contributed by atoms with van der Waals surface area (Å²) in [4.78, 5) is 29.6. The molecule has 0 saturated carbocycles. The third kappa shape index (κ3) is 3.33. The molecule has 0 aliphatic rings. The number of imidazole rings is 1. The monoisotopic (exact) mass is 301 g/mol. The van der Waals surface area contributed by atoms with Gasteiger partial charge >= 0.3 is 5.97 Å². The third-order valence-corrected chi connectivity index (χ3v) is 3.39. The maximum atomic E-state index is 12.6. The lowest BCUT2D eigenvalue weighted by Gasteiger charge is -2.20. The average molecular weight is 301 g/mol. The number of para-hydroxylation sites is 1. The zero-order chi connectivity index (χ0) is 16.1. The molecule has 0 unspecified atom stereocenters. The van der Waals surface area contributed by atoms with Crippen LogP contribution in [-0.2, 0) is 9.53 Å². The van der Waals surface area contributed by atoms with Crippen LogP contribution >= 0.6 is 0 Å². The molecule has 0 aliphatic heterocycles. The number of methoxy groups -OCH3 is 1. The molecule has 0 N–H and O–H groups in total. The fourth-order valence-corrected chi connectivity index (χ4v) is 2.21. The smallest absolute Gasteiger partial charge is 0.310 e. The van der Waals surface area contributed by atoms with Crippen LogP contribution in [0.25, 0.3) is 5.69 Å². The van der Waals surface area contributed by atoms with Crippen LogP contribution in [0.5, 0.6) is 0 Å². The molecule has 2 rings (SSSR count). The van der Waals surface area contributed by atoms with Gasteiger partial charge in [-0.05, 0) is 12.1 Å². The fourth-order valence-electron chi connectivity index (χ4n) is 2.21. The predicted octanol–water partition coefficient (Wildman–Crippen LogP) is 1.75. The second kappa shape index (κ2) is 6.89. The van der Waals surface area contributed by atoms with Crippen LogP contribution in [0, 0.1) is 5.92 Å². The summed E-state index contributed by atoms with van der Waals surface area (Å²) in [5.41, 5.74) is 1.31. The van der Waals surface area contributed by atoms with Gasteiger partial charge in [0.2, 0.25) is 0 Å². The van der Waals surface area contributed by atoms with Gasteiger partial charge in [0.05, 0.1) is 25.6 Å². The number of nitrogens with zero attached hydrogens (tertiary/aromatic N) is 3. The molecule has 0 bridgehead atoms. The Morgan fingerprint density at radius 2 is 2.00 bits per heavy atom. The Hall–Kier alpha value is -2.63. The molecular formula is C16H19N3O3. The average Bonchev–Trinajstić information content (AvgIpc) is 3.03. The highest BCUT2D eigenvalue weighted by Crippen LogP contribution is 2.13. The summed E-state index contributed by atoms with van der Waals surface area (Å²) in [7, 11) is 3.00. The Morgan fingerprint density at radius 3 is 2.64 bits per heavy atom. The molecular weight excluding hydrogens is 282 g/mol. The van der Waals surface area contributed by atoms with Crippen molar-refractivity contribution in [1.29, 1.82) is 0 Å². The topological polar surface area (TPSA) is 64.4 Å².